The van der Waals surface area contributed by atoms with Gasteiger partial charge < -0.3 is 25.0 Å². The highest BCUT2D eigenvalue weighted by Crippen LogP contribution is 2.19. The molecule has 1 aromatic carbocycles. The zero-order chi connectivity index (χ0) is 19.4. The van der Waals surface area contributed by atoms with E-state index in [1.54, 1.807) is 0 Å². The lowest BCUT2D eigenvalue weighted by atomic mass is 10.0. The van der Waals surface area contributed by atoms with E-state index in [1.165, 1.54) is 0 Å². The molecule has 1 atom stereocenters. The standard InChI is InChI=1S/C20H27N3O3S/c1-13-8-14(2)17-10-15(19(25)22-18(17)9-13)12-23(5-6-24)20(27)21-11-16-4-3-7-26-16/h8-10,16,24H,3-7,11-12H2,1-2H3,(H,21,27)(H,22,25)/t16-/m1/s1. The molecule has 146 valence electrons. The zero-order valence-electron chi connectivity index (χ0n) is 15.9. The molecule has 0 unspecified atom stereocenters. The summed E-state index contributed by atoms with van der Waals surface area (Å²) < 4.78 is 5.61. The van der Waals surface area contributed by atoms with Crippen LogP contribution in [-0.2, 0) is 11.3 Å². The second-order valence-electron chi connectivity index (χ2n) is 7.13. The Morgan fingerprint density at radius 3 is 2.93 bits per heavy atom. The van der Waals surface area contributed by atoms with E-state index in [2.05, 4.69) is 16.4 Å². The highest BCUT2D eigenvalue weighted by Gasteiger charge is 2.18. The normalized spacial score (nSPS) is 16.6. The third kappa shape index (κ3) is 4.86. The Bertz CT molecular complexity index is 875. The minimum Gasteiger partial charge on any atom is -0.395 e. The molecule has 1 fully saturated rings. The maximum Gasteiger partial charge on any atom is 0.253 e. The average Bonchev–Trinajstić information content (AvgIpc) is 3.13. The number of hydrogen-bond donors (Lipinski definition) is 3. The Morgan fingerprint density at radius 2 is 2.22 bits per heavy atom. The predicted molar refractivity (Wildman–Crippen MR) is 111 cm³/mol. The number of aryl methyl sites for hydroxylation is 2. The van der Waals surface area contributed by atoms with Crippen molar-refractivity contribution in [1.82, 2.24) is 15.2 Å². The SMILES string of the molecule is Cc1cc(C)c2cc(CN(CCO)C(=S)NC[C@H]3CCCO3)c(=O)[nH]c2c1. The van der Waals surface area contributed by atoms with Crippen molar-refractivity contribution in [2.45, 2.75) is 39.3 Å². The van der Waals surface area contributed by atoms with Gasteiger partial charge in [0.1, 0.15) is 0 Å². The first kappa shape index (κ1) is 19.8. The van der Waals surface area contributed by atoms with Crippen LogP contribution in [-0.4, -0.2) is 52.5 Å². The topological polar surface area (TPSA) is 77.6 Å². The number of thiocarbonyl (C=S) groups is 1. The fourth-order valence-corrected chi connectivity index (χ4v) is 3.77. The molecule has 0 aliphatic carbocycles. The van der Waals surface area contributed by atoms with Crippen molar-refractivity contribution in [2.75, 3.05) is 26.3 Å². The van der Waals surface area contributed by atoms with E-state index in [-0.39, 0.29) is 18.3 Å². The van der Waals surface area contributed by atoms with Gasteiger partial charge >= 0.3 is 0 Å². The van der Waals surface area contributed by atoms with E-state index in [1.807, 2.05) is 30.9 Å². The largest absolute Gasteiger partial charge is 0.395 e. The maximum atomic E-state index is 12.6. The van der Waals surface area contributed by atoms with Crippen molar-refractivity contribution in [3.63, 3.8) is 0 Å². The summed E-state index contributed by atoms with van der Waals surface area (Å²) in [6.45, 7) is 6.16. The van der Waals surface area contributed by atoms with Crippen LogP contribution in [0.1, 0.15) is 29.5 Å². The molecule has 0 amide bonds. The molecule has 0 bridgehead atoms. The number of hydrogen-bond acceptors (Lipinski definition) is 4. The van der Waals surface area contributed by atoms with Gasteiger partial charge in [-0.1, -0.05) is 6.07 Å². The van der Waals surface area contributed by atoms with Gasteiger partial charge in [0.05, 0.1) is 19.3 Å². The number of pyridine rings is 1. The van der Waals surface area contributed by atoms with Crippen LogP contribution >= 0.6 is 12.2 Å². The van der Waals surface area contributed by atoms with Crippen LogP contribution in [0, 0.1) is 13.8 Å². The lowest BCUT2D eigenvalue weighted by Crippen LogP contribution is -2.44. The van der Waals surface area contributed by atoms with E-state index in [4.69, 9.17) is 17.0 Å². The summed E-state index contributed by atoms with van der Waals surface area (Å²) in [5, 5.41) is 14.2. The predicted octanol–water partition coefficient (Wildman–Crippen LogP) is 1.99. The van der Waals surface area contributed by atoms with Crippen LogP contribution in [0.3, 0.4) is 0 Å². The summed E-state index contributed by atoms with van der Waals surface area (Å²) in [4.78, 5) is 17.4. The van der Waals surface area contributed by atoms with E-state index in [0.717, 1.165) is 41.5 Å². The number of rotatable bonds is 6. The van der Waals surface area contributed by atoms with Crippen molar-refractivity contribution in [1.29, 1.82) is 0 Å². The van der Waals surface area contributed by atoms with E-state index >= 15 is 0 Å². The van der Waals surface area contributed by atoms with E-state index in [9.17, 15) is 9.90 Å². The molecule has 1 aromatic heterocycles. The van der Waals surface area contributed by atoms with Crippen molar-refractivity contribution in [2.24, 2.45) is 0 Å². The number of H-pyrrole nitrogens is 1. The van der Waals surface area contributed by atoms with Crippen LogP contribution in [0.25, 0.3) is 10.9 Å². The molecular weight excluding hydrogens is 362 g/mol. The quantitative estimate of drug-likeness (QED) is 0.656. The number of aliphatic hydroxyl groups is 1. The van der Waals surface area contributed by atoms with Crippen LogP contribution in [0.5, 0.6) is 0 Å². The molecule has 1 aliphatic heterocycles. The summed E-state index contributed by atoms with van der Waals surface area (Å²) in [6.07, 6.45) is 2.28. The van der Waals surface area contributed by atoms with Gasteiger partial charge in [0.25, 0.3) is 5.56 Å². The molecule has 2 heterocycles. The highest BCUT2D eigenvalue weighted by molar-refractivity contribution is 7.80. The molecule has 2 aromatic rings. The van der Waals surface area contributed by atoms with Gasteiger partial charge in [0.2, 0.25) is 0 Å². The molecule has 7 heteroatoms. The second kappa shape index (κ2) is 8.82. The third-order valence-electron chi connectivity index (χ3n) is 4.91. The Hall–Kier alpha value is -1.96. The van der Waals surface area contributed by atoms with Gasteiger partial charge in [0.15, 0.2) is 5.11 Å². The van der Waals surface area contributed by atoms with Gasteiger partial charge in [-0.05, 0) is 62.2 Å². The monoisotopic (exact) mass is 389 g/mol. The van der Waals surface area contributed by atoms with Crippen LogP contribution in [0.15, 0.2) is 23.0 Å². The highest BCUT2D eigenvalue weighted by atomic mass is 32.1. The number of aromatic nitrogens is 1. The van der Waals surface area contributed by atoms with Crippen LogP contribution in [0.2, 0.25) is 0 Å². The first-order valence-corrected chi connectivity index (χ1v) is 9.77. The summed E-state index contributed by atoms with van der Waals surface area (Å²) >= 11 is 5.49. The van der Waals surface area contributed by atoms with Gasteiger partial charge in [-0.25, -0.2) is 0 Å². The fourth-order valence-electron chi connectivity index (χ4n) is 3.53. The summed E-state index contributed by atoms with van der Waals surface area (Å²) in [5.41, 5.74) is 3.58. The minimum absolute atomic E-state index is 0.0363. The molecule has 0 saturated carbocycles. The number of nitrogens with one attached hydrogen (secondary N) is 2. The van der Waals surface area contributed by atoms with Gasteiger partial charge in [-0.15, -0.1) is 0 Å². The van der Waals surface area contributed by atoms with Crippen LogP contribution < -0.4 is 10.9 Å². The van der Waals surface area contributed by atoms with Gasteiger partial charge in [-0.2, -0.15) is 0 Å². The second-order valence-corrected chi connectivity index (χ2v) is 7.52. The Labute approximate surface area is 164 Å². The Kier molecular flexibility index (Phi) is 6.46. The maximum absolute atomic E-state index is 12.6. The average molecular weight is 390 g/mol. The molecule has 0 spiro atoms. The summed E-state index contributed by atoms with van der Waals surface area (Å²) in [6, 6.07) is 6.01. The summed E-state index contributed by atoms with van der Waals surface area (Å²) in [7, 11) is 0. The smallest absolute Gasteiger partial charge is 0.253 e. The zero-order valence-corrected chi connectivity index (χ0v) is 16.7. The van der Waals surface area contributed by atoms with E-state index in [0.29, 0.717) is 30.3 Å². The lowest BCUT2D eigenvalue weighted by molar-refractivity contribution is 0.113. The first-order chi connectivity index (χ1) is 13.0. The molecule has 0 radical (unpaired) electrons. The Morgan fingerprint density at radius 1 is 1.41 bits per heavy atom. The summed E-state index contributed by atoms with van der Waals surface area (Å²) in [5.74, 6) is 0. The minimum atomic E-state index is -0.127. The molecule has 1 aliphatic rings. The van der Waals surface area contributed by atoms with Gasteiger partial charge in [0, 0.05) is 36.2 Å². The molecule has 6 nitrogen and oxygen atoms in total. The Balaban J connectivity index is 1.77. The number of aliphatic hydroxyl groups excluding tert-OH is 1. The van der Waals surface area contributed by atoms with Crippen LogP contribution in [0.4, 0.5) is 0 Å². The van der Waals surface area contributed by atoms with Crippen molar-refractivity contribution in [3.8, 4) is 0 Å². The number of ether oxygens (including phenoxy) is 1. The van der Waals surface area contributed by atoms with Crippen molar-refractivity contribution < 1.29 is 9.84 Å². The van der Waals surface area contributed by atoms with Crippen molar-refractivity contribution in [3.05, 3.63) is 45.2 Å². The number of fused-ring (bicyclic) bond motifs is 1. The first-order valence-electron chi connectivity index (χ1n) is 9.36. The molecule has 3 N–H and O–H groups in total. The van der Waals surface area contributed by atoms with E-state index < -0.39 is 0 Å². The fraction of sp³-hybridized carbons (Fsp3) is 0.500. The molecule has 27 heavy (non-hydrogen) atoms. The molecular formula is C20H27N3O3S. The molecule has 1 saturated heterocycles. The number of benzene rings is 1. The molecule has 3 rings (SSSR count). The lowest BCUT2D eigenvalue weighted by Gasteiger charge is -2.26. The number of nitrogens with zero attached hydrogens (tertiary/aromatic N) is 1. The number of aromatic amines is 1. The van der Waals surface area contributed by atoms with Crippen molar-refractivity contribution >= 4 is 28.2 Å². The third-order valence-corrected chi connectivity index (χ3v) is 5.32. The van der Waals surface area contributed by atoms with Gasteiger partial charge in [-0.3, -0.25) is 4.79 Å².